The number of para-hydroxylation sites is 1. The number of aliphatic hydroxyl groups excluding tert-OH is 1. The predicted molar refractivity (Wildman–Crippen MR) is 82.4 cm³/mol. The van der Waals surface area contributed by atoms with E-state index < -0.39 is 11.2 Å². The van der Waals surface area contributed by atoms with Crippen LogP contribution in [0.25, 0.3) is 11.2 Å². The van der Waals surface area contributed by atoms with Gasteiger partial charge in [-0.3, -0.25) is 14.3 Å². The average molecular weight is 301 g/mol. The lowest BCUT2D eigenvalue weighted by atomic mass is 10.3. The largest absolute Gasteiger partial charge is 0.395 e. The highest BCUT2D eigenvalue weighted by atomic mass is 16.3. The number of aromatic nitrogens is 4. The number of fused-ring (bicyclic) bond motifs is 1. The molecule has 114 valence electrons. The number of nitrogens with one attached hydrogen (secondary N) is 2. The molecule has 0 saturated carbocycles. The molecule has 3 rings (SSSR count). The fourth-order valence-corrected chi connectivity index (χ4v) is 2.30. The molecule has 0 saturated heterocycles. The number of anilines is 2. The van der Waals surface area contributed by atoms with E-state index in [1.54, 1.807) is 4.57 Å². The molecule has 0 radical (unpaired) electrons. The van der Waals surface area contributed by atoms with Crippen molar-refractivity contribution in [1.82, 2.24) is 19.1 Å². The van der Waals surface area contributed by atoms with Crippen LogP contribution in [-0.2, 0) is 13.6 Å². The summed E-state index contributed by atoms with van der Waals surface area (Å²) in [5.41, 5.74) is 0.242. The zero-order valence-corrected chi connectivity index (χ0v) is 11.9. The van der Waals surface area contributed by atoms with Crippen LogP contribution < -0.4 is 16.6 Å². The first kappa shape index (κ1) is 14.1. The second-order valence-electron chi connectivity index (χ2n) is 4.79. The second-order valence-corrected chi connectivity index (χ2v) is 4.79. The van der Waals surface area contributed by atoms with E-state index in [2.05, 4.69) is 15.3 Å². The Balaban J connectivity index is 2.23. The Hall–Kier alpha value is -2.87. The summed E-state index contributed by atoms with van der Waals surface area (Å²) in [5, 5.41) is 12.3. The quantitative estimate of drug-likeness (QED) is 0.636. The van der Waals surface area contributed by atoms with E-state index >= 15 is 0 Å². The highest BCUT2D eigenvalue weighted by molar-refractivity contribution is 5.75. The monoisotopic (exact) mass is 301 g/mol. The van der Waals surface area contributed by atoms with E-state index in [0.29, 0.717) is 5.95 Å². The van der Waals surface area contributed by atoms with E-state index in [-0.39, 0.29) is 24.3 Å². The molecule has 0 bridgehead atoms. The minimum atomic E-state index is -0.530. The van der Waals surface area contributed by atoms with Gasteiger partial charge in [-0.2, -0.15) is 4.98 Å². The molecule has 1 aromatic carbocycles. The van der Waals surface area contributed by atoms with Crippen LogP contribution in [0.1, 0.15) is 0 Å². The van der Waals surface area contributed by atoms with Crippen molar-refractivity contribution in [3.05, 3.63) is 51.2 Å². The summed E-state index contributed by atoms with van der Waals surface area (Å²) in [6, 6.07) is 9.32. The minimum Gasteiger partial charge on any atom is -0.395 e. The molecule has 3 N–H and O–H groups in total. The molecule has 3 aromatic rings. The van der Waals surface area contributed by atoms with Crippen molar-refractivity contribution in [2.45, 2.75) is 6.54 Å². The van der Waals surface area contributed by atoms with Gasteiger partial charge in [0.15, 0.2) is 11.2 Å². The Morgan fingerprint density at radius 2 is 2.00 bits per heavy atom. The lowest BCUT2D eigenvalue weighted by Gasteiger charge is -2.08. The van der Waals surface area contributed by atoms with Crippen LogP contribution in [0.3, 0.4) is 0 Å². The maximum Gasteiger partial charge on any atom is 0.329 e. The topological polar surface area (TPSA) is 105 Å². The third-order valence-corrected chi connectivity index (χ3v) is 3.36. The standard InChI is InChI=1S/C14H15N5O3/c1-18-11-10(12(21)17-14(18)22)19(7-8-20)13(16-11)15-9-5-3-2-4-6-9/h2-6,20H,7-8H2,1H3,(H,15,16)(H,17,21,22). The van der Waals surface area contributed by atoms with Gasteiger partial charge in [-0.25, -0.2) is 4.79 Å². The first-order valence-electron chi connectivity index (χ1n) is 6.74. The van der Waals surface area contributed by atoms with Crippen LogP contribution in [-0.4, -0.2) is 30.8 Å². The number of nitrogens with zero attached hydrogens (tertiary/aromatic N) is 3. The normalized spacial score (nSPS) is 11.0. The molecule has 0 unspecified atom stereocenters. The Bertz CT molecular complexity index is 923. The highest BCUT2D eigenvalue weighted by Crippen LogP contribution is 2.19. The predicted octanol–water partition coefficient (Wildman–Crippen LogP) is 0.159. The molecule has 0 aliphatic heterocycles. The lowest BCUT2D eigenvalue weighted by Crippen LogP contribution is -2.29. The van der Waals surface area contributed by atoms with Crippen LogP contribution >= 0.6 is 0 Å². The van der Waals surface area contributed by atoms with Gasteiger partial charge in [0.05, 0.1) is 6.61 Å². The van der Waals surface area contributed by atoms with Gasteiger partial charge in [0, 0.05) is 19.3 Å². The maximum atomic E-state index is 12.1. The molecule has 0 atom stereocenters. The van der Waals surface area contributed by atoms with Gasteiger partial charge >= 0.3 is 5.69 Å². The number of hydrogen-bond acceptors (Lipinski definition) is 5. The Morgan fingerprint density at radius 3 is 2.68 bits per heavy atom. The Kier molecular flexibility index (Phi) is 3.51. The van der Waals surface area contributed by atoms with Gasteiger partial charge in [-0.15, -0.1) is 0 Å². The van der Waals surface area contributed by atoms with Crippen LogP contribution in [0.15, 0.2) is 39.9 Å². The smallest absolute Gasteiger partial charge is 0.329 e. The van der Waals surface area contributed by atoms with Gasteiger partial charge in [-0.05, 0) is 12.1 Å². The molecule has 0 aliphatic carbocycles. The van der Waals surface area contributed by atoms with Crippen molar-refractivity contribution in [1.29, 1.82) is 0 Å². The molecule has 8 nitrogen and oxygen atoms in total. The molecule has 0 aliphatic rings. The number of aryl methyl sites for hydroxylation is 1. The molecule has 0 amide bonds. The number of aliphatic hydroxyl groups is 1. The van der Waals surface area contributed by atoms with Gasteiger partial charge in [-0.1, -0.05) is 18.2 Å². The molecule has 0 spiro atoms. The van der Waals surface area contributed by atoms with Gasteiger partial charge < -0.3 is 15.0 Å². The minimum absolute atomic E-state index is 0.156. The van der Waals surface area contributed by atoms with Crippen LogP contribution in [0.2, 0.25) is 0 Å². The highest BCUT2D eigenvalue weighted by Gasteiger charge is 2.16. The van der Waals surface area contributed by atoms with Crippen LogP contribution in [0.5, 0.6) is 0 Å². The molecular weight excluding hydrogens is 286 g/mol. The summed E-state index contributed by atoms with van der Waals surface area (Å²) in [6.07, 6.45) is 0. The molecular formula is C14H15N5O3. The van der Waals surface area contributed by atoms with E-state index in [9.17, 15) is 14.7 Å². The van der Waals surface area contributed by atoms with Gasteiger partial charge in [0.25, 0.3) is 5.56 Å². The van der Waals surface area contributed by atoms with Crippen molar-refractivity contribution in [2.24, 2.45) is 7.05 Å². The Morgan fingerprint density at radius 1 is 1.27 bits per heavy atom. The zero-order valence-electron chi connectivity index (χ0n) is 11.9. The fourth-order valence-electron chi connectivity index (χ4n) is 2.30. The summed E-state index contributed by atoms with van der Waals surface area (Å²) >= 11 is 0. The van der Waals surface area contributed by atoms with E-state index in [1.807, 2.05) is 30.3 Å². The number of H-pyrrole nitrogens is 1. The third-order valence-electron chi connectivity index (χ3n) is 3.36. The number of rotatable bonds is 4. The van der Waals surface area contributed by atoms with Crippen molar-refractivity contribution in [3.63, 3.8) is 0 Å². The number of imidazole rings is 1. The fraction of sp³-hybridized carbons (Fsp3) is 0.214. The van der Waals surface area contributed by atoms with E-state index in [0.717, 1.165) is 5.69 Å². The SMILES string of the molecule is Cn1c(=O)[nH]c(=O)c2c1nc(Nc1ccccc1)n2CCO. The van der Waals surface area contributed by atoms with Crippen LogP contribution in [0.4, 0.5) is 11.6 Å². The summed E-state index contributed by atoms with van der Waals surface area (Å²) < 4.78 is 2.82. The molecule has 8 heteroatoms. The number of aromatic amines is 1. The summed E-state index contributed by atoms with van der Waals surface area (Å²) in [6.45, 7) is 0.0319. The number of benzene rings is 1. The van der Waals surface area contributed by atoms with E-state index in [1.165, 1.54) is 11.6 Å². The zero-order chi connectivity index (χ0) is 15.7. The number of hydrogen-bond donors (Lipinski definition) is 3. The second kappa shape index (κ2) is 5.49. The molecule has 2 aromatic heterocycles. The molecule has 2 heterocycles. The molecule has 22 heavy (non-hydrogen) atoms. The van der Waals surface area contributed by atoms with Gasteiger partial charge in [0.1, 0.15) is 0 Å². The summed E-state index contributed by atoms with van der Waals surface area (Å²) in [7, 11) is 1.53. The molecule has 0 fully saturated rings. The van der Waals surface area contributed by atoms with Gasteiger partial charge in [0.2, 0.25) is 5.95 Å². The Labute approximate surface area is 124 Å². The summed E-state index contributed by atoms with van der Waals surface area (Å²) in [4.78, 5) is 30.3. The van der Waals surface area contributed by atoms with E-state index in [4.69, 9.17) is 0 Å². The maximum absolute atomic E-state index is 12.1. The average Bonchev–Trinajstić information content (AvgIpc) is 2.86. The third kappa shape index (κ3) is 2.29. The van der Waals surface area contributed by atoms with Crippen molar-refractivity contribution < 1.29 is 5.11 Å². The van der Waals surface area contributed by atoms with Crippen molar-refractivity contribution >= 4 is 22.8 Å². The first-order chi connectivity index (χ1) is 10.6. The van der Waals surface area contributed by atoms with Crippen molar-refractivity contribution in [3.8, 4) is 0 Å². The van der Waals surface area contributed by atoms with Crippen molar-refractivity contribution in [2.75, 3.05) is 11.9 Å². The van der Waals surface area contributed by atoms with Crippen LogP contribution in [0, 0.1) is 0 Å². The summed E-state index contributed by atoms with van der Waals surface area (Å²) in [5.74, 6) is 0.391. The lowest BCUT2D eigenvalue weighted by molar-refractivity contribution is 0.278. The first-order valence-corrected chi connectivity index (χ1v) is 6.74.